The summed E-state index contributed by atoms with van der Waals surface area (Å²) in [5, 5.41) is 5.94. The van der Waals surface area contributed by atoms with Gasteiger partial charge < -0.3 is 10.6 Å². The Morgan fingerprint density at radius 1 is 1.29 bits per heavy atom. The van der Waals surface area contributed by atoms with E-state index in [4.69, 9.17) is 0 Å². The summed E-state index contributed by atoms with van der Waals surface area (Å²) < 4.78 is 0. The highest BCUT2D eigenvalue weighted by atomic mass is 16.1. The van der Waals surface area contributed by atoms with E-state index in [2.05, 4.69) is 28.8 Å². The van der Waals surface area contributed by atoms with Crippen molar-refractivity contribution < 1.29 is 4.79 Å². The molecule has 0 radical (unpaired) electrons. The lowest BCUT2D eigenvalue weighted by molar-refractivity contribution is -0.120. The quantitative estimate of drug-likeness (QED) is 0.805. The van der Waals surface area contributed by atoms with E-state index in [-0.39, 0.29) is 5.91 Å². The fraction of sp³-hybridized carbons (Fsp3) is 0.500. The minimum absolute atomic E-state index is 0.0624. The van der Waals surface area contributed by atoms with Gasteiger partial charge in [0.2, 0.25) is 5.91 Å². The summed E-state index contributed by atoms with van der Waals surface area (Å²) >= 11 is 0. The molecule has 0 saturated carbocycles. The SMILES string of the molecule is CCNCC(=O)NCc1ccc2c(c1)CCC2. The molecule has 1 aliphatic rings. The van der Waals surface area contributed by atoms with Crippen molar-refractivity contribution in [2.24, 2.45) is 0 Å². The summed E-state index contributed by atoms with van der Waals surface area (Å²) in [5.41, 5.74) is 4.15. The topological polar surface area (TPSA) is 41.1 Å². The average molecular weight is 232 g/mol. The zero-order chi connectivity index (χ0) is 12.1. The first-order chi connectivity index (χ1) is 8.29. The average Bonchev–Trinajstić information content (AvgIpc) is 2.81. The maximum Gasteiger partial charge on any atom is 0.234 e. The third-order valence-corrected chi connectivity index (χ3v) is 3.19. The lowest BCUT2D eigenvalue weighted by atomic mass is 10.1. The van der Waals surface area contributed by atoms with Gasteiger partial charge in [-0.25, -0.2) is 0 Å². The van der Waals surface area contributed by atoms with Gasteiger partial charge in [-0.15, -0.1) is 0 Å². The molecule has 2 rings (SSSR count). The normalized spacial score (nSPS) is 13.5. The number of rotatable bonds is 5. The minimum atomic E-state index is 0.0624. The summed E-state index contributed by atoms with van der Waals surface area (Å²) in [6, 6.07) is 6.56. The molecule has 3 nitrogen and oxygen atoms in total. The van der Waals surface area contributed by atoms with E-state index in [0.29, 0.717) is 13.1 Å². The van der Waals surface area contributed by atoms with Crippen molar-refractivity contribution in [1.29, 1.82) is 0 Å². The van der Waals surface area contributed by atoms with Crippen molar-refractivity contribution in [2.45, 2.75) is 32.7 Å². The third-order valence-electron chi connectivity index (χ3n) is 3.19. The lowest BCUT2D eigenvalue weighted by Crippen LogP contribution is -2.33. The fourth-order valence-electron chi connectivity index (χ4n) is 2.24. The molecule has 0 atom stereocenters. The summed E-state index contributed by atoms with van der Waals surface area (Å²) in [6.45, 7) is 3.86. The number of carbonyl (C=O) groups excluding carboxylic acids is 1. The van der Waals surface area contributed by atoms with Gasteiger partial charge in [0.1, 0.15) is 0 Å². The van der Waals surface area contributed by atoms with E-state index in [0.717, 1.165) is 6.54 Å². The van der Waals surface area contributed by atoms with E-state index in [1.165, 1.54) is 36.0 Å². The number of nitrogens with one attached hydrogen (secondary N) is 2. The van der Waals surface area contributed by atoms with Crippen LogP contribution >= 0.6 is 0 Å². The molecule has 0 unspecified atom stereocenters. The maximum absolute atomic E-state index is 11.4. The molecule has 0 bridgehead atoms. The molecular weight excluding hydrogens is 212 g/mol. The van der Waals surface area contributed by atoms with Crippen LogP contribution in [0.4, 0.5) is 0 Å². The molecule has 0 fully saturated rings. The highest BCUT2D eigenvalue weighted by Crippen LogP contribution is 2.22. The van der Waals surface area contributed by atoms with Crippen molar-refractivity contribution in [3.8, 4) is 0 Å². The van der Waals surface area contributed by atoms with E-state index in [1.54, 1.807) is 0 Å². The Morgan fingerprint density at radius 3 is 2.94 bits per heavy atom. The molecule has 1 aromatic rings. The predicted octanol–water partition coefficient (Wildman–Crippen LogP) is 1.40. The Hall–Kier alpha value is -1.35. The van der Waals surface area contributed by atoms with Crippen molar-refractivity contribution >= 4 is 5.91 Å². The molecule has 3 heteroatoms. The Bertz CT molecular complexity index is 401. The number of hydrogen-bond donors (Lipinski definition) is 2. The first-order valence-corrected chi connectivity index (χ1v) is 6.37. The van der Waals surface area contributed by atoms with Gasteiger partial charge in [0.05, 0.1) is 6.54 Å². The van der Waals surface area contributed by atoms with Crippen LogP contribution in [0.15, 0.2) is 18.2 Å². The molecule has 0 aliphatic heterocycles. The van der Waals surface area contributed by atoms with Gasteiger partial charge in [-0.05, 0) is 42.5 Å². The van der Waals surface area contributed by atoms with Crippen LogP contribution in [0.25, 0.3) is 0 Å². The molecule has 1 aliphatic carbocycles. The molecule has 0 spiro atoms. The van der Waals surface area contributed by atoms with Crippen LogP contribution in [0.3, 0.4) is 0 Å². The van der Waals surface area contributed by atoms with E-state index in [9.17, 15) is 4.79 Å². The summed E-state index contributed by atoms with van der Waals surface area (Å²) in [5.74, 6) is 0.0624. The van der Waals surface area contributed by atoms with Crippen molar-refractivity contribution in [3.63, 3.8) is 0 Å². The number of fused-ring (bicyclic) bond motifs is 1. The zero-order valence-electron chi connectivity index (χ0n) is 10.4. The first kappa shape index (κ1) is 12.1. The first-order valence-electron chi connectivity index (χ1n) is 6.37. The van der Waals surface area contributed by atoms with Crippen LogP contribution in [0.5, 0.6) is 0 Å². The van der Waals surface area contributed by atoms with Gasteiger partial charge in [-0.2, -0.15) is 0 Å². The van der Waals surface area contributed by atoms with Crippen LogP contribution in [-0.4, -0.2) is 19.0 Å². The lowest BCUT2D eigenvalue weighted by Gasteiger charge is -2.07. The molecule has 0 heterocycles. The highest BCUT2D eigenvalue weighted by Gasteiger charge is 2.10. The van der Waals surface area contributed by atoms with Gasteiger partial charge in [0.25, 0.3) is 0 Å². The van der Waals surface area contributed by atoms with Gasteiger partial charge >= 0.3 is 0 Å². The van der Waals surface area contributed by atoms with Crippen LogP contribution in [0, 0.1) is 0 Å². The molecule has 92 valence electrons. The van der Waals surface area contributed by atoms with Crippen LogP contribution in [-0.2, 0) is 24.2 Å². The van der Waals surface area contributed by atoms with Crippen LogP contribution < -0.4 is 10.6 Å². The highest BCUT2D eigenvalue weighted by molar-refractivity contribution is 5.77. The van der Waals surface area contributed by atoms with Gasteiger partial charge in [-0.1, -0.05) is 25.1 Å². The smallest absolute Gasteiger partial charge is 0.234 e. The van der Waals surface area contributed by atoms with Crippen molar-refractivity contribution in [3.05, 3.63) is 34.9 Å². The summed E-state index contributed by atoms with van der Waals surface area (Å²) in [6.07, 6.45) is 3.67. The minimum Gasteiger partial charge on any atom is -0.351 e. The second-order valence-corrected chi connectivity index (χ2v) is 4.51. The Morgan fingerprint density at radius 2 is 2.12 bits per heavy atom. The zero-order valence-corrected chi connectivity index (χ0v) is 10.4. The second kappa shape index (κ2) is 5.82. The monoisotopic (exact) mass is 232 g/mol. The Balaban J connectivity index is 1.85. The third kappa shape index (κ3) is 3.30. The standard InChI is InChI=1S/C14H20N2O/c1-2-15-10-14(17)16-9-11-6-7-12-4-3-5-13(12)8-11/h6-8,15H,2-5,9-10H2,1H3,(H,16,17). The molecule has 0 saturated heterocycles. The van der Waals surface area contributed by atoms with Crippen LogP contribution in [0.1, 0.15) is 30.0 Å². The number of benzene rings is 1. The van der Waals surface area contributed by atoms with Gasteiger partial charge in [0.15, 0.2) is 0 Å². The summed E-state index contributed by atoms with van der Waals surface area (Å²) in [4.78, 5) is 11.4. The van der Waals surface area contributed by atoms with Crippen molar-refractivity contribution in [2.75, 3.05) is 13.1 Å². The summed E-state index contributed by atoms with van der Waals surface area (Å²) in [7, 11) is 0. The largest absolute Gasteiger partial charge is 0.351 e. The van der Waals surface area contributed by atoms with Crippen molar-refractivity contribution in [1.82, 2.24) is 10.6 Å². The Labute approximate surface area is 103 Å². The number of aryl methyl sites for hydroxylation is 2. The van der Waals surface area contributed by atoms with E-state index >= 15 is 0 Å². The van der Waals surface area contributed by atoms with Gasteiger partial charge in [-0.3, -0.25) is 4.79 Å². The number of amides is 1. The van der Waals surface area contributed by atoms with Crippen LogP contribution in [0.2, 0.25) is 0 Å². The molecular formula is C14H20N2O. The molecule has 17 heavy (non-hydrogen) atoms. The second-order valence-electron chi connectivity index (χ2n) is 4.51. The molecule has 2 N–H and O–H groups in total. The molecule has 0 aromatic heterocycles. The number of hydrogen-bond acceptors (Lipinski definition) is 2. The fourth-order valence-corrected chi connectivity index (χ4v) is 2.24. The predicted molar refractivity (Wildman–Crippen MR) is 68.9 cm³/mol. The molecule has 1 amide bonds. The molecule has 1 aromatic carbocycles. The van der Waals surface area contributed by atoms with E-state index in [1.807, 2.05) is 6.92 Å². The maximum atomic E-state index is 11.4. The van der Waals surface area contributed by atoms with Gasteiger partial charge in [0, 0.05) is 6.54 Å². The number of likely N-dealkylation sites (N-methyl/N-ethyl adjacent to an activating group) is 1. The number of carbonyl (C=O) groups is 1. The van der Waals surface area contributed by atoms with E-state index < -0.39 is 0 Å². The Kier molecular flexibility index (Phi) is 4.15.